The van der Waals surface area contributed by atoms with Crippen LogP contribution in [0.3, 0.4) is 0 Å². The van der Waals surface area contributed by atoms with E-state index in [0.717, 1.165) is 79.5 Å². The minimum Gasteiger partial charge on any atom is -0.368 e. The molecule has 1 saturated carbocycles. The molecule has 2 aliphatic rings. The number of anilines is 2. The first-order valence-corrected chi connectivity index (χ1v) is 12.0. The van der Waals surface area contributed by atoms with E-state index in [1.165, 1.54) is 12.1 Å². The molecule has 10 heteroatoms. The number of para-hydroxylation sites is 1. The predicted octanol–water partition coefficient (Wildman–Crippen LogP) is 4.13. The molecule has 2 aromatic carbocycles. The molecule has 0 atom stereocenters. The minimum atomic E-state index is -0.953. The number of carbonyl (C=O) groups excluding carboxylic acids is 1. The normalized spacial score (nSPS) is 15.6. The maximum absolute atomic E-state index is 14.3. The molecule has 3 heterocycles. The van der Waals surface area contributed by atoms with Crippen LogP contribution in [0, 0.1) is 11.6 Å². The highest BCUT2D eigenvalue weighted by Gasteiger charge is 2.31. The lowest BCUT2D eigenvalue weighted by molar-refractivity contribution is 0.102. The summed E-state index contributed by atoms with van der Waals surface area (Å²) in [4.78, 5) is 32.8. The summed E-state index contributed by atoms with van der Waals surface area (Å²) in [7, 11) is 2.02. The fourth-order valence-electron chi connectivity index (χ4n) is 4.90. The quantitative estimate of drug-likeness (QED) is 0.455. The van der Waals surface area contributed by atoms with Gasteiger partial charge in [0.1, 0.15) is 22.7 Å². The highest BCUT2D eigenvalue weighted by Crippen LogP contribution is 2.43. The second kappa shape index (κ2) is 8.54. The predicted molar refractivity (Wildman–Crippen MR) is 132 cm³/mol. The Morgan fingerprint density at radius 1 is 1.00 bits per heavy atom. The number of hydrogen-bond donors (Lipinski definition) is 1. The molecule has 0 unspecified atom stereocenters. The smallest absolute Gasteiger partial charge is 0.276 e. The third kappa shape index (κ3) is 3.73. The van der Waals surface area contributed by atoms with Crippen molar-refractivity contribution in [2.75, 3.05) is 23.3 Å². The molecule has 184 valence electrons. The molecule has 1 aliphatic carbocycles. The van der Waals surface area contributed by atoms with Crippen LogP contribution in [0.15, 0.2) is 47.3 Å². The van der Waals surface area contributed by atoms with Gasteiger partial charge in [-0.2, -0.15) is 9.78 Å². The third-order valence-electron chi connectivity index (χ3n) is 6.86. The van der Waals surface area contributed by atoms with Crippen molar-refractivity contribution in [3.63, 3.8) is 0 Å². The van der Waals surface area contributed by atoms with Crippen LogP contribution in [0.4, 0.5) is 20.2 Å². The van der Waals surface area contributed by atoms with E-state index in [2.05, 4.69) is 19.9 Å². The van der Waals surface area contributed by atoms with Gasteiger partial charge in [-0.3, -0.25) is 9.59 Å². The molecule has 6 rings (SSSR count). The first-order valence-electron chi connectivity index (χ1n) is 12.0. The van der Waals surface area contributed by atoms with Crippen LogP contribution in [0.25, 0.3) is 16.7 Å². The molecule has 1 saturated heterocycles. The van der Waals surface area contributed by atoms with E-state index in [4.69, 9.17) is 4.98 Å². The van der Waals surface area contributed by atoms with Gasteiger partial charge in [-0.25, -0.2) is 13.8 Å². The van der Waals surface area contributed by atoms with Crippen LogP contribution in [-0.4, -0.2) is 38.3 Å². The Morgan fingerprint density at radius 2 is 1.72 bits per heavy atom. The van der Waals surface area contributed by atoms with E-state index < -0.39 is 28.8 Å². The number of nitrogens with one attached hydrogen (secondary N) is 1. The minimum absolute atomic E-state index is 0.149. The van der Waals surface area contributed by atoms with Crippen molar-refractivity contribution in [3.05, 3.63) is 76.0 Å². The molecule has 1 amide bonds. The SMILES string of the molecule is Cn1c(C2CC2)nc2c(N3CCCC3)c(NC(=O)c3ccc(=O)n(-c4c(F)cccc4F)n3)ccc21. The molecule has 2 fully saturated rings. The number of imidazole rings is 1. The Balaban J connectivity index is 1.41. The van der Waals surface area contributed by atoms with Gasteiger partial charge in [0.15, 0.2) is 11.6 Å². The van der Waals surface area contributed by atoms with Gasteiger partial charge in [-0.15, -0.1) is 0 Å². The highest BCUT2D eigenvalue weighted by molar-refractivity contribution is 6.08. The van der Waals surface area contributed by atoms with Crippen molar-refractivity contribution in [2.45, 2.75) is 31.6 Å². The average Bonchev–Trinajstić information content (AvgIpc) is 3.45. The van der Waals surface area contributed by atoms with Crippen molar-refractivity contribution >= 4 is 28.3 Å². The maximum Gasteiger partial charge on any atom is 0.276 e. The fraction of sp³-hybridized carbons (Fsp3) is 0.308. The second-order valence-electron chi connectivity index (χ2n) is 9.32. The Bertz CT molecular complexity index is 1550. The largest absolute Gasteiger partial charge is 0.368 e. The second-order valence-corrected chi connectivity index (χ2v) is 9.32. The lowest BCUT2D eigenvalue weighted by Gasteiger charge is -2.22. The summed E-state index contributed by atoms with van der Waals surface area (Å²) >= 11 is 0. The molecule has 8 nitrogen and oxygen atoms in total. The highest BCUT2D eigenvalue weighted by atomic mass is 19.1. The van der Waals surface area contributed by atoms with Gasteiger partial charge in [-0.05, 0) is 56.0 Å². The van der Waals surface area contributed by atoms with Gasteiger partial charge < -0.3 is 14.8 Å². The van der Waals surface area contributed by atoms with Crippen LogP contribution in [0.2, 0.25) is 0 Å². The molecule has 0 radical (unpaired) electrons. The molecular weight excluding hydrogens is 466 g/mol. The van der Waals surface area contributed by atoms with Gasteiger partial charge in [-0.1, -0.05) is 6.07 Å². The monoisotopic (exact) mass is 490 g/mol. The van der Waals surface area contributed by atoms with Gasteiger partial charge in [0.05, 0.1) is 16.9 Å². The number of rotatable bonds is 5. The zero-order valence-electron chi connectivity index (χ0n) is 19.7. The summed E-state index contributed by atoms with van der Waals surface area (Å²) in [5.41, 5.74) is 1.74. The number of fused-ring (bicyclic) bond motifs is 1. The number of hydrogen-bond acceptors (Lipinski definition) is 5. The molecular formula is C26H24F2N6O2. The average molecular weight is 491 g/mol. The number of nitrogens with zero attached hydrogens (tertiary/aromatic N) is 5. The van der Waals surface area contributed by atoms with Crippen molar-refractivity contribution in [1.29, 1.82) is 0 Å². The van der Waals surface area contributed by atoms with E-state index in [1.54, 1.807) is 0 Å². The molecule has 1 aliphatic heterocycles. The summed E-state index contributed by atoms with van der Waals surface area (Å²) in [6.07, 6.45) is 4.35. The van der Waals surface area contributed by atoms with Crippen LogP contribution < -0.4 is 15.8 Å². The first-order chi connectivity index (χ1) is 17.4. The van der Waals surface area contributed by atoms with Crippen LogP contribution >= 0.6 is 0 Å². The van der Waals surface area contributed by atoms with Gasteiger partial charge >= 0.3 is 0 Å². The molecule has 36 heavy (non-hydrogen) atoms. The third-order valence-corrected chi connectivity index (χ3v) is 6.86. The molecule has 4 aromatic rings. The van der Waals surface area contributed by atoms with Crippen molar-refractivity contribution in [1.82, 2.24) is 19.3 Å². The zero-order chi connectivity index (χ0) is 25.0. The summed E-state index contributed by atoms with van der Waals surface area (Å²) < 4.78 is 31.3. The van der Waals surface area contributed by atoms with Crippen LogP contribution in [0.1, 0.15) is 47.9 Å². The summed E-state index contributed by atoms with van der Waals surface area (Å²) in [5.74, 6) is -0.986. The lowest BCUT2D eigenvalue weighted by Crippen LogP contribution is -2.27. The van der Waals surface area contributed by atoms with Gasteiger partial charge in [0, 0.05) is 32.1 Å². The van der Waals surface area contributed by atoms with Crippen LogP contribution in [-0.2, 0) is 7.05 Å². The molecule has 1 N–H and O–H groups in total. The van der Waals surface area contributed by atoms with Crippen molar-refractivity contribution in [2.24, 2.45) is 7.05 Å². The first kappa shape index (κ1) is 22.4. The Morgan fingerprint density at radius 3 is 2.42 bits per heavy atom. The standard InChI is InChI=1S/C26H24F2N6O2/c1-32-20-11-9-18(24(33-13-2-3-14-33)22(20)30-25(32)15-7-8-15)29-26(36)19-10-12-21(35)34(31-19)23-16(27)5-4-6-17(23)28/h4-6,9-12,15H,2-3,7-8,13-14H2,1H3,(H,29,36). The van der Waals surface area contributed by atoms with Crippen LogP contribution in [0.5, 0.6) is 0 Å². The number of aryl methyl sites for hydroxylation is 1. The van der Waals surface area contributed by atoms with Gasteiger partial charge in [0.2, 0.25) is 0 Å². The van der Waals surface area contributed by atoms with E-state index in [9.17, 15) is 18.4 Å². The molecule has 0 bridgehead atoms. The summed E-state index contributed by atoms with van der Waals surface area (Å²) in [6.45, 7) is 1.71. The van der Waals surface area contributed by atoms with E-state index in [1.807, 2.05) is 19.2 Å². The van der Waals surface area contributed by atoms with E-state index >= 15 is 0 Å². The topological polar surface area (TPSA) is 85.0 Å². The van der Waals surface area contributed by atoms with Gasteiger partial charge in [0.25, 0.3) is 11.5 Å². The Kier molecular flexibility index (Phi) is 5.31. The van der Waals surface area contributed by atoms with Crippen molar-refractivity contribution in [3.8, 4) is 5.69 Å². The van der Waals surface area contributed by atoms with Crippen molar-refractivity contribution < 1.29 is 13.6 Å². The summed E-state index contributed by atoms with van der Waals surface area (Å²) in [5, 5.41) is 6.88. The number of halogens is 2. The zero-order valence-corrected chi connectivity index (χ0v) is 19.7. The Hall–Kier alpha value is -4.08. The fourth-order valence-corrected chi connectivity index (χ4v) is 4.90. The molecule has 0 spiro atoms. The number of aromatic nitrogens is 4. The number of benzene rings is 2. The van der Waals surface area contributed by atoms with E-state index in [0.29, 0.717) is 16.3 Å². The van der Waals surface area contributed by atoms with E-state index in [-0.39, 0.29) is 5.69 Å². The Labute approximate surface area is 205 Å². The maximum atomic E-state index is 14.3. The lowest BCUT2D eigenvalue weighted by atomic mass is 10.2. The summed E-state index contributed by atoms with van der Waals surface area (Å²) in [6, 6.07) is 9.34. The molecule has 2 aromatic heterocycles. The number of amides is 1. The number of carbonyl (C=O) groups is 1.